The van der Waals surface area contributed by atoms with Gasteiger partial charge in [-0.15, -0.1) is 0 Å². The van der Waals surface area contributed by atoms with Crippen LogP contribution < -0.4 is 0 Å². The Bertz CT molecular complexity index is 1340. The van der Waals surface area contributed by atoms with Crippen LogP contribution in [0.5, 0.6) is 0 Å². The summed E-state index contributed by atoms with van der Waals surface area (Å²) in [6.45, 7) is 3.85. The number of fused-ring (bicyclic) bond motifs is 1. The number of aromatic amines is 1. The number of esters is 1. The highest BCUT2D eigenvalue weighted by atomic mass is 16.5. The molecule has 0 saturated carbocycles. The lowest BCUT2D eigenvalue weighted by Gasteiger charge is -2.07. The summed E-state index contributed by atoms with van der Waals surface area (Å²) in [6.07, 6.45) is 1.65. The van der Waals surface area contributed by atoms with Crippen LogP contribution >= 0.6 is 0 Å². The van der Waals surface area contributed by atoms with Gasteiger partial charge in [0.05, 0.1) is 29.3 Å². The zero-order chi connectivity index (χ0) is 21.3. The Kier molecular flexibility index (Phi) is 4.95. The number of nitrogens with zero attached hydrogens (tertiary/aromatic N) is 2. The number of aromatic nitrogens is 2. The molecule has 0 spiro atoms. The number of aryl methyl sites for hydroxylation is 1. The van der Waals surface area contributed by atoms with Crippen molar-refractivity contribution < 1.29 is 13.9 Å². The first kappa shape index (κ1) is 19.2. The molecule has 0 atom stereocenters. The maximum atomic E-state index is 12.0. The summed E-state index contributed by atoms with van der Waals surface area (Å²) in [4.78, 5) is 19.6. The van der Waals surface area contributed by atoms with Gasteiger partial charge >= 0.3 is 5.97 Å². The van der Waals surface area contributed by atoms with E-state index in [1.54, 1.807) is 24.3 Å². The molecule has 4 rings (SSSR count). The standard InChI is InChI=1S/C24H19N3O3/c1-14-7-9-20-21(11-14)27-23(26-20)16(13-25)12-17-8-10-22(30-17)18-5-4-6-19(15(18)2)24(28)29-3/h4-12H,1-3H3,(H,26,27)/b16-12-. The van der Waals surface area contributed by atoms with E-state index in [0.717, 1.165) is 27.7 Å². The molecule has 4 aromatic rings. The van der Waals surface area contributed by atoms with E-state index < -0.39 is 5.97 Å². The summed E-state index contributed by atoms with van der Waals surface area (Å²) in [5, 5.41) is 9.64. The average Bonchev–Trinajstić information content (AvgIpc) is 3.38. The summed E-state index contributed by atoms with van der Waals surface area (Å²) in [5.41, 5.74) is 5.19. The number of rotatable bonds is 4. The summed E-state index contributed by atoms with van der Waals surface area (Å²) in [7, 11) is 1.35. The lowest BCUT2D eigenvalue weighted by Crippen LogP contribution is -2.04. The number of furan rings is 1. The Hall–Kier alpha value is -4.11. The zero-order valence-corrected chi connectivity index (χ0v) is 16.8. The van der Waals surface area contributed by atoms with Crippen LogP contribution in [0, 0.1) is 25.2 Å². The molecule has 0 fully saturated rings. The van der Waals surface area contributed by atoms with Crippen molar-refractivity contribution in [2.75, 3.05) is 7.11 Å². The normalized spacial score (nSPS) is 11.5. The van der Waals surface area contributed by atoms with Gasteiger partial charge in [-0.05, 0) is 55.3 Å². The molecule has 2 aromatic heterocycles. The molecular formula is C24H19N3O3. The van der Waals surface area contributed by atoms with Gasteiger partial charge in [0.1, 0.15) is 23.4 Å². The van der Waals surface area contributed by atoms with Crippen molar-refractivity contribution in [2.45, 2.75) is 13.8 Å². The van der Waals surface area contributed by atoms with E-state index in [2.05, 4.69) is 16.0 Å². The van der Waals surface area contributed by atoms with Crippen LogP contribution in [-0.4, -0.2) is 23.0 Å². The van der Waals surface area contributed by atoms with Gasteiger partial charge in [-0.3, -0.25) is 0 Å². The number of hydrogen-bond acceptors (Lipinski definition) is 5. The fourth-order valence-electron chi connectivity index (χ4n) is 3.36. The number of H-pyrrole nitrogens is 1. The number of carbonyl (C=O) groups is 1. The number of methoxy groups -OCH3 is 1. The second kappa shape index (κ2) is 7.72. The summed E-state index contributed by atoms with van der Waals surface area (Å²) >= 11 is 0. The summed E-state index contributed by atoms with van der Waals surface area (Å²) in [5.74, 6) is 1.20. The van der Waals surface area contributed by atoms with Gasteiger partial charge in [-0.25, -0.2) is 9.78 Å². The molecule has 1 N–H and O–H groups in total. The van der Waals surface area contributed by atoms with Crippen molar-refractivity contribution in [3.8, 4) is 17.4 Å². The summed E-state index contributed by atoms with van der Waals surface area (Å²) < 4.78 is 10.8. The predicted molar refractivity (Wildman–Crippen MR) is 115 cm³/mol. The first-order chi connectivity index (χ1) is 14.5. The van der Waals surface area contributed by atoms with E-state index in [9.17, 15) is 10.1 Å². The predicted octanol–water partition coefficient (Wildman–Crippen LogP) is 5.29. The van der Waals surface area contributed by atoms with Gasteiger partial charge in [0.25, 0.3) is 0 Å². The van der Waals surface area contributed by atoms with Crippen molar-refractivity contribution in [1.29, 1.82) is 5.26 Å². The van der Waals surface area contributed by atoms with E-state index in [1.165, 1.54) is 7.11 Å². The number of benzene rings is 2. The molecule has 6 heteroatoms. The molecule has 0 bridgehead atoms. The fourth-order valence-corrected chi connectivity index (χ4v) is 3.36. The van der Waals surface area contributed by atoms with Crippen LogP contribution in [0.4, 0.5) is 0 Å². The van der Waals surface area contributed by atoms with Crippen LogP contribution in [0.2, 0.25) is 0 Å². The Balaban J connectivity index is 1.70. The third-order valence-electron chi connectivity index (χ3n) is 4.93. The van der Waals surface area contributed by atoms with Gasteiger partial charge in [0.2, 0.25) is 0 Å². The maximum absolute atomic E-state index is 12.0. The third kappa shape index (κ3) is 3.49. The number of carbonyl (C=O) groups excluding carboxylic acids is 1. The molecule has 2 aromatic carbocycles. The minimum atomic E-state index is -0.395. The second-order valence-corrected chi connectivity index (χ2v) is 6.95. The Labute approximate surface area is 173 Å². The molecule has 0 unspecified atom stereocenters. The highest BCUT2D eigenvalue weighted by molar-refractivity contribution is 5.93. The largest absolute Gasteiger partial charge is 0.465 e. The lowest BCUT2D eigenvalue weighted by atomic mass is 10.0. The minimum absolute atomic E-state index is 0.366. The molecule has 0 saturated heterocycles. The Morgan fingerprint density at radius 1 is 1.20 bits per heavy atom. The van der Waals surface area contributed by atoms with E-state index in [1.807, 2.05) is 44.2 Å². The number of imidazole rings is 1. The van der Waals surface area contributed by atoms with Crippen LogP contribution in [-0.2, 0) is 4.74 Å². The number of nitrogens with one attached hydrogen (secondary N) is 1. The third-order valence-corrected chi connectivity index (χ3v) is 4.93. The molecule has 0 amide bonds. The monoisotopic (exact) mass is 397 g/mol. The van der Waals surface area contributed by atoms with E-state index >= 15 is 0 Å². The first-order valence-electron chi connectivity index (χ1n) is 9.37. The maximum Gasteiger partial charge on any atom is 0.338 e. The number of allylic oxidation sites excluding steroid dienone is 1. The SMILES string of the molecule is COC(=O)c1cccc(-c2ccc(/C=C(/C#N)c3nc4ccc(C)cc4[nH]3)o2)c1C. The molecule has 6 nitrogen and oxygen atoms in total. The van der Waals surface area contributed by atoms with Crippen LogP contribution in [0.25, 0.3) is 34.0 Å². The van der Waals surface area contributed by atoms with Gasteiger partial charge in [0, 0.05) is 11.6 Å². The molecule has 0 aliphatic heterocycles. The Morgan fingerprint density at radius 2 is 2.03 bits per heavy atom. The van der Waals surface area contributed by atoms with E-state index in [-0.39, 0.29) is 0 Å². The second-order valence-electron chi connectivity index (χ2n) is 6.95. The number of nitriles is 1. The number of hydrogen-bond donors (Lipinski definition) is 1. The fraction of sp³-hybridized carbons (Fsp3) is 0.125. The molecule has 0 aliphatic rings. The van der Waals surface area contributed by atoms with E-state index in [0.29, 0.717) is 28.5 Å². The first-order valence-corrected chi connectivity index (χ1v) is 9.37. The lowest BCUT2D eigenvalue weighted by molar-refractivity contribution is 0.0600. The van der Waals surface area contributed by atoms with E-state index in [4.69, 9.17) is 9.15 Å². The van der Waals surface area contributed by atoms with Crippen molar-refractivity contribution >= 4 is 28.7 Å². The zero-order valence-electron chi connectivity index (χ0n) is 16.8. The summed E-state index contributed by atoms with van der Waals surface area (Å²) in [6, 6.07) is 17.0. The molecule has 148 valence electrons. The van der Waals surface area contributed by atoms with Crippen molar-refractivity contribution in [1.82, 2.24) is 9.97 Å². The molecule has 0 radical (unpaired) electrons. The quantitative estimate of drug-likeness (QED) is 0.373. The molecule has 30 heavy (non-hydrogen) atoms. The topological polar surface area (TPSA) is 91.9 Å². The van der Waals surface area contributed by atoms with Gasteiger partial charge in [-0.1, -0.05) is 18.2 Å². The highest BCUT2D eigenvalue weighted by Gasteiger charge is 2.15. The minimum Gasteiger partial charge on any atom is -0.465 e. The molecule has 2 heterocycles. The average molecular weight is 397 g/mol. The Morgan fingerprint density at radius 3 is 2.80 bits per heavy atom. The van der Waals surface area contributed by atoms with Crippen LogP contribution in [0.1, 0.15) is 33.1 Å². The van der Waals surface area contributed by atoms with Gasteiger partial charge in [0.15, 0.2) is 0 Å². The van der Waals surface area contributed by atoms with Crippen molar-refractivity contribution in [2.24, 2.45) is 0 Å². The van der Waals surface area contributed by atoms with Gasteiger partial charge < -0.3 is 14.1 Å². The van der Waals surface area contributed by atoms with Crippen LogP contribution in [0.3, 0.4) is 0 Å². The van der Waals surface area contributed by atoms with Crippen molar-refractivity contribution in [3.63, 3.8) is 0 Å². The highest BCUT2D eigenvalue weighted by Crippen LogP contribution is 2.29. The number of ether oxygens (including phenoxy) is 1. The van der Waals surface area contributed by atoms with Gasteiger partial charge in [-0.2, -0.15) is 5.26 Å². The molecule has 0 aliphatic carbocycles. The van der Waals surface area contributed by atoms with Crippen LogP contribution in [0.15, 0.2) is 52.9 Å². The molecular weight excluding hydrogens is 378 g/mol. The smallest absolute Gasteiger partial charge is 0.338 e. The van der Waals surface area contributed by atoms with Crippen molar-refractivity contribution in [3.05, 3.63) is 76.8 Å².